The van der Waals surface area contributed by atoms with Gasteiger partial charge in [-0.1, -0.05) is 18.2 Å². The monoisotopic (exact) mass is 236 g/mol. The third kappa shape index (κ3) is 5.00. The van der Waals surface area contributed by atoms with Crippen molar-refractivity contribution in [1.82, 2.24) is 0 Å². The highest BCUT2D eigenvalue weighted by molar-refractivity contribution is 5.81. The molecule has 0 N–H and O–H groups in total. The molecule has 0 saturated heterocycles. The van der Waals surface area contributed by atoms with E-state index in [0.717, 1.165) is 11.3 Å². The van der Waals surface area contributed by atoms with Gasteiger partial charge in [0.25, 0.3) is 0 Å². The quantitative estimate of drug-likeness (QED) is 0.730. The molecule has 0 unspecified atom stereocenters. The van der Waals surface area contributed by atoms with Crippen molar-refractivity contribution in [3.8, 4) is 5.75 Å². The Morgan fingerprint density at radius 1 is 1.29 bits per heavy atom. The summed E-state index contributed by atoms with van der Waals surface area (Å²) in [6.45, 7) is 4.42. The van der Waals surface area contributed by atoms with Crippen molar-refractivity contribution in [3.63, 3.8) is 0 Å². The number of methoxy groups -OCH3 is 1. The van der Waals surface area contributed by atoms with Crippen LogP contribution in [0, 0.1) is 0 Å². The van der Waals surface area contributed by atoms with Crippen LogP contribution >= 0.6 is 0 Å². The van der Waals surface area contributed by atoms with Gasteiger partial charge in [-0.15, -0.1) is 0 Å². The molecule has 3 nitrogen and oxygen atoms in total. The van der Waals surface area contributed by atoms with Crippen LogP contribution in [-0.2, 0) is 16.0 Å². The summed E-state index contributed by atoms with van der Waals surface area (Å²) in [5.74, 6) is 0.945. The smallest absolute Gasteiger partial charge is 0.139 e. The third-order valence-corrected chi connectivity index (χ3v) is 2.41. The van der Waals surface area contributed by atoms with Gasteiger partial charge in [0.2, 0.25) is 0 Å². The van der Waals surface area contributed by atoms with E-state index in [2.05, 4.69) is 0 Å². The highest BCUT2D eigenvalue weighted by atomic mass is 16.5. The number of benzene rings is 1. The van der Waals surface area contributed by atoms with E-state index in [9.17, 15) is 4.79 Å². The number of carbonyl (C=O) groups excluding carboxylic acids is 1. The lowest BCUT2D eigenvalue weighted by molar-refractivity contribution is -0.119. The number of hydrogen-bond donors (Lipinski definition) is 0. The molecule has 0 radical (unpaired) electrons. The van der Waals surface area contributed by atoms with Crippen LogP contribution < -0.4 is 4.74 Å². The molecule has 0 saturated carbocycles. The predicted octanol–water partition coefficient (Wildman–Crippen LogP) is 2.62. The van der Waals surface area contributed by atoms with Gasteiger partial charge >= 0.3 is 0 Å². The van der Waals surface area contributed by atoms with Gasteiger partial charge < -0.3 is 9.47 Å². The minimum Gasteiger partial charge on any atom is -0.496 e. The van der Waals surface area contributed by atoms with E-state index in [-0.39, 0.29) is 11.9 Å². The van der Waals surface area contributed by atoms with Gasteiger partial charge in [-0.25, -0.2) is 0 Å². The van der Waals surface area contributed by atoms with E-state index in [1.54, 1.807) is 7.11 Å². The second-order valence-electron chi connectivity index (χ2n) is 4.20. The lowest BCUT2D eigenvalue weighted by Crippen LogP contribution is -2.11. The van der Waals surface area contributed by atoms with E-state index < -0.39 is 0 Å². The average molecular weight is 236 g/mol. The predicted molar refractivity (Wildman–Crippen MR) is 67.4 cm³/mol. The molecule has 0 aliphatic heterocycles. The molecule has 1 aromatic rings. The van der Waals surface area contributed by atoms with Crippen molar-refractivity contribution in [2.75, 3.05) is 13.7 Å². The minimum absolute atomic E-state index is 0.175. The van der Waals surface area contributed by atoms with E-state index in [1.807, 2.05) is 38.1 Å². The first-order valence-corrected chi connectivity index (χ1v) is 5.88. The van der Waals surface area contributed by atoms with Crippen molar-refractivity contribution in [2.45, 2.75) is 32.8 Å². The Balaban J connectivity index is 2.45. The fourth-order valence-corrected chi connectivity index (χ4v) is 1.56. The SMILES string of the molecule is COc1ccccc1CC(=O)CCOC(C)C. The molecule has 0 aliphatic rings. The summed E-state index contributed by atoms with van der Waals surface area (Å²) in [6, 6.07) is 7.59. The first-order valence-electron chi connectivity index (χ1n) is 5.88. The Bertz CT molecular complexity index is 358. The lowest BCUT2D eigenvalue weighted by Gasteiger charge is -2.08. The van der Waals surface area contributed by atoms with Crippen molar-refractivity contribution >= 4 is 5.78 Å². The number of ether oxygens (including phenoxy) is 2. The Morgan fingerprint density at radius 2 is 2.00 bits per heavy atom. The molecule has 3 heteroatoms. The second-order valence-corrected chi connectivity index (χ2v) is 4.20. The molecule has 0 spiro atoms. The molecular weight excluding hydrogens is 216 g/mol. The maximum Gasteiger partial charge on any atom is 0.139 e. The second kappa shape index (κ2) is 7.07. The Morgan fingerprint density at radius 3 is 2.65 bits per heavy atom. The number of hydrogen-bond acceptors (Lipinski definition) is 3. The normalized spacial score (nSPS) is 10.6. The molecule has 0 fully saturated rings. The number of carbonyl (C=O) groups is 1. The van der Waals surface area contributed by atoms with Gasteiger partial charge in [0.15, 0.2) is 0 Å². The summed E-state index contributed by atoms with van der Waals surface area (Å²) in [7, 11) is 1.62. The zero-order valence-electron chi connectivity index (χ0n) is 10.7. The molecule has 0 aromatic heterocycles. The number of rotatable bonds is 7. The Labute approximate surface area is 103 Å². The van der Waals surface area contributed by atoms with Gasteiger partial charge in [0.1, 0.15) is 11.5 Å². The molecule has 1 aromatic carbocycles. The van der Waals surface area contributed by atoms with Crippen LogP contribution in [0.3, 0.4) is 0 Å². The summed E-state index contributed by atoms with van der Waals surface area (Å²) in [6.07, 6.45) is 1.04. The average Bonchev–Trinajstić information content (AvgIpc) is 2.29. The first kappa shape index (κ1) is 13.7. The van der Waals surface area contributed by atoms with Gasteiger partial charge in [-0.2, -0.15) is 0 Å². The minimum atomic E-state index is 0.175. The molecular formula is C14H20O3. The van der Waals surface area contributed by atoms with Crippen molar-refractivity contribution in [2.24, 2.45) is 0 Å². The fraction of sp³-hybridized carbons (Fsp3) is 0.500. The highest BCUT2D eigenvalue weighted by Gasteiger charge is 2.08. The topological polar surface area (TPSA) is 35.5 Å². The molecule has 0 bridgehead atoms. The van der Waals surface area contributed by atoms with Crippen LogP contribution in [0.5, 0.6) is 5.75 Å². The number of para-hydroxylation sites is 1. The van der Waals surface area contributed by atoms with Crippen molar-refractivity contribution in [3.05, 3.63) is 29.8 Å². The van der Waals surface area contributed by atoms with Crippen LogP contribution in [0.2, 0.25) is 0 Å². The molecule has 0 aliphatic carbocycles. The molecule has 0 heterocycles. The van der Waals surface area contributed by atoms with Gasteiger partial charge in [0, 0.05) is 18.4 Å². The fourth-order valence-electron chi connectivity index (χ4n) is 1.56. The van der Waals surface area contributed by atoms with Crippen molar-refractivity contribution in [1.29, 1.82) is 0 Å². The lowest BCUT2D eigenvalue weighted by atomic mass is 10.1. The van der Waals surface area contributed by atoms with E-state index >= 15 is 0 Å². The van der Waals surface area contributed by atoms with Crippen molar-refractivity contribution < 1.29 is 14.3 Å². The summed E-state index contributed by atoms with van der Waals surface area (Å²) in [5, 5.41) is 0. The highest BCUT2D eigenvalue weighted by Crippen LogP contribution is 2.18. The van der Waals surface area contributed by atoms with Crippen LogP contribution in [0.4, 0.5) is 0 Å². The first-order chi connectivity index (χ1) is 8.13. The zero-order valence-corrected chi connectivity index (χ0v) is 10.7. The standard InChI is InChI=1S/C14H20O3/c1-11(2)17-9-8-13(15)10-12-6-4-5-7-14(12)16-3/h4-7,11H,8-10H2,1-3H3. The van der Waals surface area contributed by atoms with Gasteiger partial charge in [-0.3, -0.25) is 4.79 Å². The Kier molecular flexibility index (Phi) is 5.70. The van der Waals surface area contributed by atoms with Crippen LogP contribution in [0.25, 0.3) is 0 Å². The third-order valence-electron chi connectivity index (χ3n) is 2.41. The van der Waals surface area contributed by atoms with Crippen LogP contribution in [0.1, 0.15) is 25.8 Å². The summed E-state index contributed by atoms with van der Waals surface area (Å²) in [4.78, 5) is 11.7. The van der Waals surface area contributed by atoms with Gasteiger partial charge in [-0.05, 0) is 19.9 Å². The Hall–Kier alpha value is -1.35. The molecule has 94 valence electrons. The van der Waals surface area contributed by atoms with E-state index in [4.69, 9.17) is 9.47 Å². The summed E-state index contributed by atoms with van der Waals surface area (Å²) in [5.41, 5.74) is 0.935. The van der Waals surface area contributed by atoms with E-state index in [1.165, 1.54) is 0 Å². The number of Topliss-reactive ketones (excluding diaryl/α,β-unsaturated/α-hetero) is 1. The molecule has 0 atom stereocenters. The maximum absolute atomic E-state index is 11.7. The molecule has 1 rings (SSSR count). The van der Waals surface area contributed by atoms with Crippen LogP contribution in [-0.4, -0.2) is 25.6 Å². The number of ketones is 1. The summed E-state index contributed by atoms with van der Waals surface area (Å²) >= 11 is 0. The summed E-state index contributed by atoms with van der Waals surface area (Å²) < 4.78 is 10.6. The van der Waals surface area contributed by atoms with Crippen LogP contribution in [0.15, 0.2) is 24.3 Å². The maximum atomic E-state index is 11.7. The largest absolute Gasteiger partial charge is 0.496 e. The molecule has 0 amide bonds. The van der Waals surface area contributed by atoms with E-state index in [0.29, 0.717) is 19.4 Å². The molecule has 17 heavy (non-hydrogen) atoms. The van der Waals surface area contributed by atoms with Gasteiger partial charge in [0.05, 0.1) is 19.8 Å². The zero-order chi connectivity index (χ0) is 12.7.